The quantitative estimate of drug-likeness (QED) is 0.259. The van der Waals surface area contributed by atoms with Gasteiger partial charge in [-0.1, -0.05) is 62.3 Å². The Balaban J connectivity index is 0.953. The van der Waals surface area contributed by atoms with Crippen LogP contribution in [0.2, 0.25) is 0 Å². The van der Waals surface area contributed by atoms with E-state index >= 15 is 0 Å². The number of rotatable bonds is 6. The number of hydrogen-bond donors (Lipinski definition) is 3. The van der Waals surface area contributed by atoms with Gasteiger partial charge in [-0.3, -0.25) is 14.4 Å². The van der Waals surface area contributed by atoms with Gasteiger partial charge in [0.15, 0.2) is 0 Å². The monoisotopic (exact) mass is 698 g/mol. The largest absolute Gasteiger partial charge is 0.342 e. The zero-order valence-electron chi connectivity index (χ0n) is 33.5. The van der Waals surface area contributed by atoms with E-state index in [-0.39, 0.29) is 82.7 Å². The van der Waals surface area contributed by atoms with E-state index in [9.17, 15) is 14.4 Å². The van der Waals surface area contributed by atoms with Crippen LogP contribution >= 0.6 is 0 Å². The molecule has 3 N–H and O–H groups in total. The van der Waals surface area contributed by atoms with Crippen molar-refractivity contribution in [2.24, 2.45) is 65.0 Å². The summed E-state index contributed by atoms with van der Waals surface area (Å²) < 4.78 is 0. The minimum Gasteiger partial charge on any atom is -0.342 e. The van der Waals surface area contributed by atoms with Gasteiger partial charge in [0.1, 0.15) is 6.04 Å². The summed E-state index contributed by atoms with van der Waals surface area (Å²) in [6, 6.07) is -0.418. The topological polar surface area (TPSA) is 87.3 Å². The second-order valence-electron chi connectivity index (χ2n) is 26.0. The molecule has 12 bridgehead atoms. The van der Waals surface area contributed by atoms with Gasteiger partial charge < -0.3 is 16.0 Å². The Morgan fingerprint density at radius 1 is 0.353 bits per heavy atom. The van der Waals surface area contributed by atoms with Crippen molar-refractivity contribution in [2.45, 2.75) is 184 Å². The maximum atomic E-state index is 14.8. The number of nitrogens with one attached hydrogen (secondary N) is 3. The van der Waals surface area contributed by atoms with E-state index in [0.29, 0.717) is 0 Å². The first-order valence-corrected chi connectivity index (χ1v) is 21.0. The smallest absolute Gasteiger partial charge is 0.230 e. The standard InChI is InChI=1S/C45H67N3O3/c1-34-10-35(2)12-36(3,11-34)21-43(19-34,20-35)31(49)46-28-29(47-32(50)44-22-37(4)13-38(5,23-44)15-39(6,14-37)24-44)30(28)48-33(51)45-25-40(7)16-41(8,26-45)18-42(9,17-40)27-45/h28H,10-27H2,1-9H3,(H,46,49)(H,47,50)(H,48,51). The highest BCUT2D eigenvalue weighted by atomic mass is 16.2. The van der Waals surface area contributed by atoms with Crippen LogP contribution in [0.1, 0.15) is 178 Å². The zero-order chi connectivity index (χ0) is 36.3. The third-order valence-corrected chi connectivity index (χ3v) is 17.6. The van der Waals surface area contributed by atoms with Crippen molar-refractivity contribution in [3.8, 4) is 0 Å². The Morgan fingerprint density at radius 3 is 0.765 bits per heavy atom. The lowest BCUT2D eigenvalue weighted by Gasteiger charge is -2.68. The van der Waals surface area contributed by atoms with E-state index in [4.69, 9.17) is 0 Å². The summed E-state index contributed by atoms with van der Waals surface area (Å²) in [7, 11) is 0. The van der Waals surface area contributed by atoms with Crippen LogP contribution in [-0.4, -0.2) is 23.8 Å². The summed E-state index contributed by atoms with van der Waals surface area (Å²) >= 11 is 0. The first kappa shape index (κ1) is 33.7. The van der Waals surface area contributed by atoms with Crippen molar-refractivity contribution < 1.29 is 14.4 Å². The minimum absolute atomic E-state index is 0.133. The minimum atomic E-state index is -0.418. The van der Waals surface area contributed by atoms with Crippen molar-refractivity contribution in [1.82, 2.24) is 16.0 Å². The third-order valence-electron chi connectivity index (χ3n) is 17.6. The van der Waals surface area contributed by atoms with E-state index in [1.165, 1.54) is 57.8 Å². The molecule has 280 valence electrons. The van der Waals surface area contributed by atoms with Crippen molar-refractivity contribution in [3.63, 3.8) is 0 Å². The summed E-state index contributed by atoms with van der Waals surface area (Å²) in [4.78, 5) is 44.3. The molecule has 0 aromatic rings. The summed E-state index contributed by atoms with van der Waals surface area (Å²) in [5.74, 6) is 0.415. The maximum absolute atomic E-state index is 14.8. The Labute approximate surface area is 307 Å². The highest BCUT2D eigenvalue weighted by Gasteiger charge is 2.70. The second-order valence-corrected chi connectivity index (χ2v) is 26.0. The molecule has 0 aromatic heterocycles. The van der Waals surface area contributed by atoms with Crippen molar-refractivity contribution in [1.29, 1.82) is 0 Å². The van der Waals surface area contributed by atoms with Gasteiger partial charge in [0.2, 0.25) is 17.7 Å². The molecule has 13 rings (SSSR count). The van der Waals surface area contributed by atoms with Crippen LogP contribution < -0.4 is 16.0 Å². The Bertz CT molecular complexity index is 1490. The van der Waals surface area contributed by atoms with Crippen molar-refractivity contribution in [3.05, 3.63) is 11.4 Å². The molecule has 0 heterocycles. The molecule has 13 aliphatic rings. The van der Waals surface area contributed by atoms with Crippen LogP contribution in [0.25, 0.3) is 0 Å². The Kier molecular flexibility index (Phi) is 5.94. The molecule has 12 saturated carbocycles. The van der Waals surface area contributed by atoms with E-state index in [1.54, 1.807) is 0 Å². The molecule has 0 atom stereocenters. The van der Waals surface area contributed by atoms with E-state index in [1.807, 2.05) is 0 Å². The van der Waals surface area contributed by atoms with Gasteiger partial charge in [-0.05, 0) is 164 Å². The number of carbonyl (C=O) groups excluding carboxylic acids is 3. The predicted octanol–water partition coefficient (Wildman–Crippen LogP) is 9.09. The summed E-state index contributed by atoms with van der Waals surface area (Å²) in [5, 5.41) is 10.5. The Hall–Kier alpha value is -1.85. The lowest BCUT2D eigenvalue weighted by atomic mass is 9.36. The molecule has 0 radical (unpaired) electrons. The van der Waals surface area contributed by atoms with Gasteiger partial charge in [-0.15, -0.1) is 0 Å². The molecule has 3 amide bonds. The number of amides is 3. The normalized spacial score (nSPS) is 59.4. The molecule has 0 spiro atoms. The van der Waals surface area contributed by atoms with Crippen molar-refractivity contribution >= 4 is 17.7 Å². The first-order valence-electron chi connectivity index (χ1n) is 21.0. The summed E-state index contributed by atoms with van der Waals surface area (Å²) in [6.45, 7) is 21.8. The highest BCUT2D eigenvalue weighted by molar-refractivity contribution is 5.92. The third kappa shape index (κ3) is 4.80. The van der Waals surface area contributed by atoms with E-state index < -0.39 is 6.04 Å². The summed E-state index contributed by atoms with van der Waals surface area (Å²) in [6.07, 6.45) is 19.4. The molecule has 6 heteroatoms. The van der Waals surface area contributed by atoms with Crippen molar-refractivity contribution in [2.75, 3.05) is 0 Å². The molecule has 51 heavy (non-hydrogen) atoms. The molecule has 0 unspecified atom stereocenters. The second kappa shape index (κ2) is 8.98. The van der Waals surface area contributed by atoms with Gasteiger partial charge >= 0.3 is 0 Å². The molecule has 6 nitrogen and oxygen atoms in total. The fourth-order valence-electron chi connectivity index (χ4n) is 21.0. The molecule has 12 fully saturated rings. The van der Waals surface area contributed by atoms with Crippen LogP contribution in [0, 0.1) is 65.0 Å². The van der Waals surface area contributed by atoms with Gasteiger partial charge in [0.25, 0.3) is 0 Å². The highest BCUT2D eigenvalue weighted by Crippen LogP contribution is 2.76. The van der Waals surface area contributed by atoms with Gasteiger partial charge in [-0.2, -0.15) is 0 Å². The summed E-state index contributed by atoms with van der Waals surface area (Å²) in [5.41, 5.74) is 2.13. The van der Waals surface area contributed by atoms with Crippen LogP contribution in [0.15, 0.2) is 11.4 Å². The zero-order valence-corrected chi connectivity index (χ0v) is 33.5. The first-order chi connectivity index (χ1) is 23.3. The van der Waals surface area contributed by atoms with Gasteiger partial charge in [-0.25, -0.2) is 0 Å². The molecule has 0 aliphatic heterocycles. The molecule has 13 aliphatic carbocycles. The lowest BCUT2D eigenvalue weighted by molar-refractivity contribution is -0.192. The molecular formula is C45H67N3O3. The van der Waals surface area contributed by atoms with Crippen LogP contribution in [0.4, 0.5) is 0 Å². The average molecular weight is 698 g/mol. The molecular weight excluding hydrogens is 631 g/mol. The molecule has 0 saturated heterocycles. The number of hydrogen-bond acceptors (Lipinski definition) is 3. The molecule has 0 aromatic carbocycles. The van der Waals surface area contributed by atoms with Crippen LogP contribution in [-0.2, 0) is 14.4 Å². The lowest BCUT2D eigenvalue weighted by Crippen LogP contribution is -2.63. The van der Waals surface area contributed by atoms with Gasteiger partial charge in [0, 0.05) is 0 Å². The Morgan fingerprint density at radius 2 is 0.549 bits per heavy atom. The van der Waals surface area contributed by atoms with Gasteiger partial charge in [0.05, 0.1) is 27.6 Å². The van der Waals surface area contributed by atoms with Crippen LogP contribution in [0.3, 0.4) is 0 Å². The van der Waals surface area contributed by atoms with E-state index in [2.05, 4.69) is 78.3 Å². The van der Waals surface area contributed by atoms with E-state index in [0.717, 1.165) is 69.2 Å². The fraction of sp³-hybridized carbons (Fsp3) is 0.889. The predicted molar refractivity (Wildman–Crippen MR) is 199 cm³/mol. The average Bonchev–Trinajstić information content (AvgIpc) is 3.48. The van der Waals surface area contributed by atoms with Crippen LogP contribution in [0.5, 0.6) is 0 Å². The maximum Gasteiger partial charge on any atom is 0.230 e. The fourth-order valence-corrected chi connectivity index (χ4v) is 21.0. The number of carbonyl (C=O) groups is 3. The SMILES string of the molecule is CC12CC3(C)CC(C)(C1)CC(C(=O)NC1=C(NC(=O)C45CC6(C)CC(C)(CC(C)(C6)C4)C5)C1NC(=O)C14CC5(C)CC(C)(CC(C)(C5)C1)C4)(C2)C3.